The van der Waals surface area contributed by atoms with Crippen molar-refractivity contribution in [2.45, 2.75) is 325 Å². The van der Waals surface area contributed by atoms with E-state index in [2.05, 4.69) is 113 Å². The first-order chi connectivity index (χ1) is 43.2. The summed E-state index contributed by atoms with van der Waals surface area (Å²) in [7, 11) is 0. The molecule has 102 heavy (non-hydrogen) atoms. The van der Waals surface area contributed by atoms with E-state index >= 15 is 0 Å². The van der Waals surface area contributed by atoms with Crippen LogP contribution in [0.4, 0.5) is 0 Å². The summed E-state index contributed by atoms with van der Waals surface area (Å²) < 4.78 is 56.7. The molecule has 0 amide bonds. The summed E-state index contributed by atoms with van der Waals surface area (Å²) in [6.45, 7) is 51.1. The van der Waals surface area contributed by atoms with Gasteiger partial charge in [0.05, 0.1) is 50.1 Å². The van der Waals surface area contributed by atoms with Crippen LogP contribution < -0.4 is 0 Å². The number of aryl methyl sites for hydroxylation is 22. The molecule has 0 saturated heterocycles. The Morgan fingerprint density at radius 2 is 0.647 bits per heavy atom. The van der Waals surface area contributed by atoms with Crippen LogP contribution in [0.15, 0.2) is 171 Å². The standard InChI is InChI=1S/5C8H12O.4C7H10O.2C6H8O.11CH4/c1-6(2)8-4-7(3)5-9-8;1-3-4-8-5-7(2)9-6-8;1-3-4-8-5-7(2)6-9-8;1-3-7-5-8(4-2)9-6-7;1-3-7-5-6-8(4-2)9-7;1-5-4-8-7(3)6(5)2;1-5-4-6(2)8-7(5)3;1-3-7-4-6(2)8-5-7;1-3-7-4-6(2)5-8-7;1-5-3-6(2)7-4-5;1-5-3-4-6(2)7-5;;;;;;;;;;;/h4-6H,1-3H3;4*5-6H,3-4H2,1-2H3;2*4H,1-3H3;2*4-5H,3H2,1-2H3;2*3-4H,1-2H3;11*1H4. The number of rotatable bonds is 11. The van der Waals surface area contributed by atoms with Crippen molar-refractivity contribution in [2.75, 3.05) is 0 Å². The first-order valence-corrected chi connectivity index (χ1v) is 32.7. The van der Waals surface area contributed by atoms with Crippen LogP contribution in [0.1, 0.15) is 306 Å². The summed E-state index contributed by atoms with van der Waals surface area (Å²) in [6.07, 6.45) is 25.0. The highest BCUT2D eigenvalue weighted by atomic mass is 16.4. The molecule has 0 N–H and O–H groups in total. The average Bonchev–Trinajstić information content (AvgIpc) is 1.79. The summed E-state index contributed by atoms with van der Waals surface area (Å²) in [4.78, 5) is 0. The fourth-order valence-electron chi connectivity index (χ4n) is 8.02. The van der Waals surface area contributed by atoms with Gasteiger partial charge >= 0.3 is 0 Å². The molecular weight excluding hydrogens is 1270 g/mol. The van der Waals surface area contributed by atoms with E-state index in [9.17, 15) is 0 Å². The SMILES string of the molecule is C.C.C.C.C.C.C.C.C.C.C.CCCc1cc(C)co1.CCCc1coc(C)c1.CCc1cc(C)co1.CCc1ccc(CC)o1.CCc1coc(C)c1.CCc1coc(CC)c1.Cc1cc(C)c(C)o1.Cc1ccc(C)o1.Cc1coc(C(C)C)c1.Cc1coc(C)c1.Cc1coc(C)c1C. The van der Waals surface area contributed by atoms with Gasteiger partial charge in [-0.3, -0.25) is 0 Å². The largest absolute Gasteiger partial charge is 0.469 e. The van der Waals surface area contributed by atoms with Crippen molar-refractivity contribution < 1.29 is 48.6 Å². The van der Waals surface area contributed by atoms with E-state index < -0.39 is 0 Å². The van der Waals surface area contributed by atoms with Gasteiger partial charge in [-0.25, -0.2) is 0 Å². The van der Waals surface area contributed by atoms with Crippen molar-refractivity contribution in [1.82, 2.24) is 0 Å². The van der Waals surface area contributed by atoms with Crippen molar-refractivity contribution in [2.24, 2.45) is 0 Å². The molecule has 0 atom stereocenters. The minimum Gasteiger partial charge on any atom is -0.469 e. The molecule has 11 heterocycles. The van der Waals surface area contributed by atoms with Crippen molar-refractivity contribution in [3.8, 4) is 0 Å². The summed E-state index contributed by atoms with van der Waals surface area (Å²) in [5.41, 5.74) is 12.5. The molecule has 0 radical (unpaired) electrons. The van der Waals surface area contributed by atoms with Gasteiger partial charge in [0.25, 0.3) is 0 Å². The maximum atomic E-state index is 5.38. The van der Waals surface area contributed by atoms with Gasteiger partial charge in [0.15, 0.2) is 0 Å². The second-order valence-corrected chi connectivity index (χ2v) is 23.0. The normalized spacial score (nSPS) is 8.84. The maximum Gasteiger partial charge on any atom is 0.106 e. The van der Waals surface area contributed by atoms with Crippen LogP contribution in [-0.4, -0.2) is 0 Å². The van der Waals surface area contributed by atoms with E-state index in [0.717, 1.165) is 138 Å². The highest BCUT2D eigenvalue weighted by Crippen LogP contribution is 2.17. The summed E-state index contributed by atoms with van der Waals surface area (Å²) >= 11 is 0. The molecule has 0 aromatic carbocycles. The topological polar surface area (TPSA) is 145 Å². The summed E-state index contributed by atoms with van der Waals surface area (Å²) in [6, 6.07) is 24.5. The predicted octanol–water partition coefficient (Wildman–Crippen LogP) is 32.1. The molecule has 0 aliphatic heterocycles. The van der Waals surface area contributed by atoms with Crippen LogP contribution in [0, 0.1) is 104 Å². The molecule has 11 aromatic heterocycles. The molecule has 0 saturated carbocycles. The lowest BCUT2D eigenvalue weighted by Crippen LogP contribution is -1.79. The Morgan fingerprint density at radius 1 is 0.265 bits per heavy atom. The molecule has 0 spiro atoms. The van der Waals surface area contributed by atoms with E-state index in [4.69, 9.17) is 48.6 Å². The fraction of sp³-hybridized carbons (Fsp3) is 0.516. The second-order valence-electron chi connectivity index (χ2n) is 23.0. The molecular formula is C91H160O11. The molecule has 0 aliphatic carbocycles. The van der Waals surface area contributed by atoms with Crippen molar-refractivity contribution in [3.63, 3.8) is 0 Å². The van der Waals surface area contributed by atoms with Crippen molar-refractivity contribution in [3.05, 3.63) is 259 Å². The first kappa shape index (κ1) is 118. The predicted molar refractivity (Wildman–Crippen MR) is 449 cm³/mol. The van der Waals surface area contributed by atoms with Crippen LogP contribution in [0.3, 0.4) is 0 Å². The van der Waals surface area contributed by atoms with Crippen molar-refractivity contribution in [1.29, 1.82) is 0 Å². The Balaban J connectivity index is -0.0000000982. The Morgan fingerprint density at radius 3 is 0.853 bits per heavy atom. The number of hydrogen-bond acceptors (Lipinski definition) is 11. The third-order valence-electron chi connectivity index (χ3n) is 13.7. The number of hydrogen-bond donors (Lipinski definition) is 0. The molecule has 11 rings (SSSR count). The Labute approximate surface area is 629 Å². The molecule has 590 valence electrons. The summed E-state index contributed by atoms with van der Waals surface area (Å²) in [5.74, 6) is 15.1. The zero-order valence-corrected chi connectivity index (χ0v) is 60.7. The van der Waals surface area contributed by atoms with Gasteiger partial charge in [-0.15, -0.1) is 0 Å². The quantitative estimate of drug-likeness (QED) is 0.122. The van der Waals surface area contributed by atoms with Gasteiger partial charge in [0.1, 0.15) is 80.6 Å². The number of furan rings is 11. The van der Waals surface area contributed by atoms with Crippen LogP contribution >= 0.6 is 0 Å². The lowest BCUT2D eigenvalue weighted by atomic mass is 10.1. The van der Waals surface area contributed by atoms with Gasteiger partial charge in [0, 0.05) is 38.0 Å². The van der Waals surface area contributed by atoms with Crippen LogP contribution in [0.5, 0.6) is 0 Å². The molecule has 0 unspecified atom stereocenters. The molecule has 0 fully saturated rings. The molecule has 11 heteroatoms. The van der Waals surface area contributed by atoms with Crippen LogP contribution in [0.25, 0.3) is 0 Å². The maximum absolute atomic E-state index is 5.38. The van der Waals surface area contributed by atoms with Gasteiger partial charge in [-0.1, -0.05) is 157 Å². The third kappa shape index (κ3) is 53.0. The Hall–Kier alpha value is -7.92. The lowest BCUT2D eigenvalue weighted by molar-refractivity contribution is 0.474. The van der Waals surface area contributed by atoms with Crippen LogP contribution in [-0.2, 0) is 51.4 Å². The van der Waals surface area contributed by atoms with Crippen molar-refractivity contribution >= 4 is 0 Å². The van der Waals surface area contributed by atoms with Gasteiger partial charge in [-0.2, -0.15) is 0 Å². The molecule has 0 bridgehead atoms. The average molecular weight is 1430 g/mol. The molecule has 11 aromatic rings. The zero-order chi connectivity index (χ0) is 68.4. The van der Waals surface area contributed by atoms with E-state index in [1.165, 1.54) is 62.1 Å². The Bertz CT molecular complexity index is 3220. The van der Waals surface area contributed by atoms with Gasteiger partial charge in [-0.05, 0) is 258 Å². The monoisotopic (exact) mass is 1430 g/mol. The molecule has 0 aliphatic rings. The third-order valence-corrected chi connectivity index (χ3v) is 13.7. The smallest absolute Gasteiger partial charge is 0.106 e. The molecule has 11 nitrogen and oxygen atoms in total. The summed E-state index contributed by atoms with van der Waals surface area (Å²) in [5, 5.41) is 0. The fourth-order valence-corrected chi connectivity index (χ4v) is 8.02. The van der Waals surface area contributed by atoms with Gasteiger partial charge in [0.2, 0.25) is 0 Å². The van der Waals surface area contributed by atoms with E-state index in [0.29, 0.717) is 5.92 Å². The van der Waals surface area contributed by atoms with Gasteiger partial charge < -0.3 is 48.6 Å². The zero-order valence-electron chi connectivity index (χ0n) is 60.7. The van der Waals surface area contributed by atoms with Crippen LogP contribution in [0.2, 0.25) is 0 Å². The Kier molecular flexibility index (Phi) is 78.2. The highest BCUT2D eigenvalue weighted by molar-refractivity contribution is 5.23. The highest BCUT2D eigenvalue weighted by Gasteiger charge is 2.03. The lowest BCUT2D eigenvalue weighted by Gasteiger charge is -1.95. The van der Waals surface area contributed by atoms with E-state index in [1.54, 1.807) is 37.6 Å². The first-order valence-electron chi connectivity index (χ1n) is 32.7. The minimum atomic E-state index is 0. The van der Waals surface area contributed by atoms with E-state index in [1.807, 2.05) is 146 Å². The minimum absolute atomic E-state index is 0. The van der Waals surface area contributed by atoms with E-state index in [-0.39, 0.29) is 81.7 Å². The second kappa shape index (κ2) is 67.6.